The van der Waals surface area contributed by atoms with Gasteiger partial charge in [0.2, 0.25) is 15.6 Å². The van der Waals surface area contributed by atoms with Crippen molar-refractivity contribution in [2.75, 3.05) is 7.11 Å². The maximum atomic E-state index is 13.2. The Hall–Kier alpha value is -3.18. The van der Waals surface area contributed by atoms with E-state index in [9.17, 15) is 13.2 Å². The molecule has 0 atom stereocenters. The van der Waals surface area contributed by atoms with Crippen molar-refractivity contribution < 1.29 is 17.9 Å². The van der Waals surface area contributed by atoms with E-state index >= 15 is 0 Å². The third-order valence-corrected chi connectivity index (χ3v) is 5.79. The fourth-order valence-corrected chi connectivity index (χ4v) is 4.00. The molecule has 0 radical (unpaired) electrons. The number of methoxy groups -OCH3 is 1. The molecule has 0 unspecified atom stereocenters. The number of hydrogen-bond donors (Lipinski definition) is 0. The Labute approximate surface area is 158 Å². The number of ether oxygens (including phenoxy) is 1. The molecule has 27 heavy (non-hydrogen) atoms. The van der Waals surface area contributed by atoms with Crippen molar-refractivity contribution in [2.45, 2.75) is 4.90 Å². The first-order valence-electron chi connectivity index (χ1n) is 8.28. The minimum Gasteiger partial charge on any atom is -0.497 e. The quantitative estimate of drug-likeness (QED) is 0.471. The minimum absolute atomic E-state index is 0.0778. The zero-order valence-electron chi connectivity index (χ0n) is 14.7. The van der Waals surface area contributed by atoms with Gasteiger partial charge in [0.05, 0.1) is 12.0 Å². The van der Waals surface area contributed by atoms with Crippen LogP contribution in [0.15, 0.2) is 94.7 Å². The highest BCUT2D eigenvalue weighted by atomic mass is 32.2. The lowest BCUT2D eigenvalue weighted by Gasteiger charge is -2.10. The van der Waals surface area contributed by atoms with Gasteiger partial charge in [-0.25, -0.2) is 8.42 Å². The molecule has 0 spiro atoms. The lowest BCUT2D eigenvalue weighted by atomic mass is 10.1. The molecule has 0 aliphatic heterocycles. The van der Waals surface area contributed by atoms with Crippen LogP contribution in [0.25, 0.3) is 6.08 Å². The predicted octanol–water partition coefficient (Wildman–Crippen LogP) is 4.39. The van der Waals surface area contributed by atoms with Gasteiger partial charge in [-0.1, -0.05) is 48.5 Å². The first-order chi connectivity index (χ1) is 13.0. The molecule has 0 saturated carbocycles. The standard InChI is InChI=1S/C22H18O4S/c1-26-19-14-12-18(13-15-19)22(23)21(16-17-8-4-2-5-9-17)27(24,25)20-10-6-3-7-11-20/h2-16H,1H3/b21-16+. The zero-order valence-corrected chi connectivity index (χ0v) is 15.5. The second-order valence-electron chi connectivity index (χ2n) is 5.79. The summed E-state index contributed by atoms with van der Waals surface area (Å²) in [5.74, 6) is 0.0245. The van der Waals surface area contributed by atoms with Crippen LogP contribution in [0.1, 0.15) is 15.9 Å². The number of allylic oxidation sites excluding steroid dienone is 1. The molecule has 0 N–H and O–H groups in total. The Morgan fingerprint density at radius 1 is 0.815 bits per heavy atom. The lowest BCUT2D eigenvalue weighted by molar-refractivity contribution is 0.104. The molecule has 0 aliphatic carbocycles. The maximum Gasteiger partial charge on any atom is 0.210 e. The molecule has 0 fully saturated rings. The van der Waals surface area contributed by atoms with Crippen LogP contribution in [0.5, 0.6) is 5.75 Å². The van der Waals surface area contributed by atoms with Gasteiger partial charge in [0.25, 0.3) is 0 Å². The van der Waals surface area contributed by atoms with Crippen molar-refractivity contribution in [3.63, 3.8) is 0 Å². The monoisotopic (exact) mass is 378 g/mol. The minimum atomic E-state index is -3.98. The Balaban J connectivity index is 2.13. The smallest absolute Gasteiger partial charge is 0.210 e. The zero-order chi connectivity index (χ0) is 19.3. The number of sulfone groups is 1. The van der Waals surface area contributed by atoms with Crippen molar-refractivity contribution in [2.24, 2.45) is 0 Å². The van der Waals surface area contributed by atoms with Crippen LogP contribution in [0.3, 0.4) is 0 Å². The van der Waals surface area contributed by atoms with Crippen LogP contribution in [-0.2, 0) is 9.84 Å². The van der Waals surface area contributed by atoms with Gasteiger partial charge in [0.1, 0.15) is 10.7 Å². The largest absolute Gasteiger partial charge is 0.497 e. The molecule has 3 aromatic rings. The van der Waals surface area contributed by atoms with Gasteiger partial charge in [0, 0.05) is 5.56 Å². The molecule has 3 rings (SSSR count). The van der Waals surface area contributed by atoms with Crippen molar-refractivity contribution in [3.05, 3.63) is 101 Å². The highest BCUT2D eigenvalue weighted by molar-refractivity contribution is 7.96. The van der Waals surface area contributed by atoms with Gasteiger partial charge in [-0.2, -0.15) is 0 Å². The molecule has 0 aliphatic rings. The Bertz CT molecular complexity index is 1050. The van der Waals surface area contributed by atoms with Gasteiger partial charge in [-0.05, 0) is 48.0 Å². The number of ketones is 1. The second kappa shape index (κ2) is 8.01. The normalized spacial score (nSPS) is 11.8. The summed E-state index contributed by atoms with van der Waals surface area (Å²) in [7, 11) is -2.46. The van der Waals surface area contributed by atoms with Crippen molar-refractivity contribution >= 4 is 21.7 Å². The summed E-state index contributed by atoms with van der Waals surface area (Å²) >= 11 is 0. The van der Waals surface area contributed by atoms with Gasteiger partial charge >= 0.3 is 0 Å². The summed E-state index contributed by atoms with van der Waals surface area (Å²) in [5, 5.41) is 0. The van der Waals surface area contributed by atoms with Crippen molar-refractivity contribution in [1.29, 1.82) is 0 Å². The molecule has 5 heteroatoms. The Morgan fingerprint density at radius 3 is 1.93 bits per heavy atom. The molecule has 0 amide bonds. The molecule has 0 aromatic heterocycles. The SMILES string of the molecule is COc1ccc(C(=O)/C(=C\c2ccccc2)S(=O)(=O)c2ccccc2)cc1. The van der Waals surface area contributed by atoms with Gasteiger partial charge in [0.15, 0.2) is 0 Å². The fraction of sp³-hybridized carbons (Fsp3) is 0.0455. The van der Waals surface area contributed by atoms with Gasteiger partial charge in [-0.15, -0.1) is 0 Å². The number of carbonyl (C=O) groups is 1. The highest BCUT2D eigenvalue weighted by Gasteiger charge is 2.27. The van der Waals surface area contributed by atoms with E-state index in [4.69, 9.17) is 4.74 Å². The summed E-state index contributed by atoms with van der Waals surface area (Å²) in [5.41, 5.74) is 0.909. The predicted molar refractivity (Wildman–Crippen MR) is 105 cm³/mol. The van der Waals surface area contributed by atoms with Crippen molar-refractivity contribution in [1.82, 2.24) is 0 Å². The van der Waals surface area contributed by atoms with E-state index in [2.05, 4.69) is 0 Å². The van der Waals surface area contributed by atoms with Crippen LogP contribution in [0.2, 0.25) is 0 Å². The molecule has 3 aromatic carbocycles. The molecular weight excluding hydrogens is 360 g/mol. The molecular formula is C22H18O4S. The highest BCUT2D eigenvalue weighted by Crippen LogP contribution is 2.25. The van der Waals surface area contributed by atoms with Crippen LogP contribution >= 0.6 is 0 Å². The number of carbonyl (C=O) groups excluding carboxylic acids is 1. The number of benzene rings is 3. The van der Waals surface area contributed by atoms with E-state index in [1.165, 1.54) is 25.3 Å². The van der Waals surface area contributed by atoms with E-state index in [-0.39, 0.29) is 15.4 Å². The van der Waals surface area contributed by atoms with Gasteiger partial charge in [-0.3, -0.25) is 4.79 Å². The topological polar surface area (TPSA) is 60.4 Å². The van der Waals surface area contributed by atoms with Crippen molar-refractivity contribution in [3.8, 4) is 5.75 Å². The second-order valence-corrected chi connectivity index (χ2v) is 7.71. The van der Waals surface area contributed by atoms with E-state index in [0.29, 0.717) is 11.3 Å². The summed E-state index contributed by atoms with van der Waals surface area (Å²) < 4.78 is 31.4. The van der Waals surface area contributed by atoms with Crippen LogP contribution in [-0.4, -0.2) is 21.3 Å². The average Bonchev–Trinajstić information content (AvgIpc) is 2.73. The Morgan fingerprint density at radius 2 is 1.37 bits per heavy atom. The first-order valence-corrected chi connectivity index (χ1v) is 9.76. The van der Waals surface area contributed by atoms with E-state index in [1.807, 2.05) is 6.07 Å². The van der Waals surface area contributed by atoms with Crippen LogP contribution in [0, 0.1) is 0 Å². The lowest BCUT2D eigenvalue weighted by Crippen LogP contribution is -2.14. The first kappa shape index (κ1) is 18.6. The summed E-state index contributed by atoms with van der Waals surface area (Å²) in [4.78, 5) is 12.9. The number of Topliss-reactive ketones (excluding diaryl/α,β-unsaturated/α-hetero) is 1. The number of rotatable bonds is 6. The molecule has 4 nitrogen and oxygen atoms in total. The molecule has 136 valence electrons. The Kier molecular flexibility index (Phi) is 5.52. The maximum absolute atomic E-state index is 13.2. The summed E-state index contributed by atoms with van der Waals surface area (Å²) in [6, 6.07) is 23.2. The summed E-state index contributed by atoms with van der Waals surface area (Å²) in [6.45, 7) is 0. The third kappa shape index (κ3) is 4.15. The van der Waals surface area contributed by atoms with Crippen LogP contribution in [0.4, 0.5) is 0 Å². The van der Waals surface area contributed by atoms with Gasteiger partial charge < -0.3 is 4.74 Å². The number of hydrogen-bond acceptors (Lipinski definition) is 4. The van der Waals surface area contributed by atoms with E-state index in [0.717, 1.165) is 0 Å². The van der Waals surface area contributed by atoms with E-state index < -0.39 is 15.6 Å². The average molecular weight is 378 g/mol. The van der Waals surface area contributed by atoms with Crippen LogP contribution < -0.4 is 4.74 Å². The molecule has 0 bridgehead atoms. The fourth-order valence-electron chi connectivity index (χ4n) is 2.58. The third-order valence-electron chi connectivity index (χ3n) is 4.02. The summed E-state index contributed by atoms with van der Waals surface area (Å²) in [6.07, 6.45) is 1.41. The molecule has 0 heterocycles. The molecule has 0 saturated heterocycles. The van der Waals surface area contributed by atoms with E-state index in [1.54, 1.807) is 66.7 Å².